The lowest BCUT2D eigenvalue weighted by Crippen LogP contribution is -1.97. The van der Waals surface area contributed by atoms with Crippen molar-refractivity contribution < 1.29 is 14.2 Å². The highest BCUT2D eigenvalue weighted by atomic mass is 19.1. The zero-order valence-corrected chi connectivity index (χ0v) is 11.7. The minimum Gasteiger partial charge on any atom is -0.395 e. The van der Waals surface area contributed by atoms with E-state index in [0.717, 1.165) is 11.1 Å². The first-order valence-corrected chi connectivity index (χ1v) is 6.79. The summed E-state index contributed by atoms with van der Waals surface area (Å²) in [6, 6.07) is 14.3. The summed E-state index contributed by atoms with van der Waals surface area (Å²) in [5, 5.41) is 8.69. The number of benzene rings is 2. The van der Waals surface area contributed by atoms with Crippen LogP contribution in [-0.4, -0.2) is 11.7 Å². The summed E-state index contributed by atoms with van der Waals surface area (Å²) in [7, 11) is 0. The largest absolute Gasteiger partial charge is 0.395 e. The van der Waals surface area contributed by atoms with Crippen molar-refractivity contribution in [3.8, 4) is 11.8 Å². The Morgan fingerprint density at radius 1 is 1.05 bits per heavy atom. The summed E-state index contributed by atoms with van der Waals surface area (Å²) in [6.07, 6.45) is 0.466. The molecule has 2 rings (SSSR count). The van der Waals surface area contributed by atoms with Crippen molar-refractivity contribution in [2.75, 3.05) is 6.61 Å². The Labute approximate surface area is 124 Å². The molecule has 0 atom stereocenters. The van der Waals surface area contributed by atoms with Crippen LogP contribution >= 0.6 is 0 Å². The third-order valence-corrected chi connectivity index (χ3v) is 2.88. The van der Waals surface area contributed by atoms with Crippen LogP contribution in [0.2, 0.25) is 0 Å². The number of halogens is 1. The Morgan fingerprint density at radius 3 is 2.71 bits per heavy atom. The van der Waals surface area contributed by atoms with Gasteiger partial charge in [0.2, 0.25) is 0 Å². The second-order valence-electron chi connectivity index (χ2n) is 4.56. The molecule has 2 nitrogen and oxygen atoms in total. The third kappa shape index (κ3) is 5.03. The first kappa shape index (κ1) is 15.2. The number of aliphatic hydroxyl groups is 1. The van der Waals surface area contributed by atoms with Gasteiger partial charge in [0.1, 0.15) is 5.82 Å². The van der Waals surface area contributed by atoms with Gasteiger partial charge in [-0.2, -0.15) is 0 Å². The zero-order chi connectivity index (χ0) is 14.9. The van der Waals surface area contributed by atoms with Crippen LogP contribution in [0.1, 0.15) is 23.1 Å². The van der Waals surface area contributed by atoms with Gasteiger partial charge in [-0.05, 0) is 23.8 Å². The highest BCUT2D eigenvalue weighted by Crippen LogP contribution is 2.10. The van der Waals surface area contributed by atoms with E-state index in [2.05, 4.69) is 11.8 Å². The van der Waals surface area contributed by atoms with E-state index < -0.39 is 0 Å². The number of aliphatic hydroxyl groups excluding tert-OH is 1. The van der Waals surface area contributed by atoms with Crippen LogP contribution in [0.4, 0.5) is 4.39 Å². The van der Waals surface area contributed by atoms with E-state index in [4.69, 9.17) is 9.84 Å². The van der Waals surface area contributed by atoms with Gasteiger partial charge in [-0.25, -0.2) is 4.39 Å². The molecule has 0 aliphatic heterocycles. The molecule has 1 N–H and O–H groups in total. The van der Waals surface area contributed by atoms with Gasteiger partial charge in [0, 0.05) is 17.5 Å². The smallest absolute Gasteiger partial charge is 0.128 e. The lowest BCUT2D eigenvalue weighted by molar-refractivity contribution is 0.105. The Kier molecular flexibility index (Phi) is 5.96. The molecule has 0 unspecified atom stereocenters. The molecular formula is C18H17FO2. The van der Waals surface area contributed by atoms with Crippen molar-refractivity contribution in [1.29, 1.82) is 0 Å². The fourth-order valence-electron chi connectivity index (χ4n) is 1.85. The van der Waals surface area contributed by atoms with Gasteiger partial charge in [-0.15, -0.1) is 0 Å². The zero-order valence-electron chi connectivity index (χ0n) is 11.7. The topological polar surface area (TPSA) is 29.5 Å². The minimum absolute atomic E-state index is 0.0679. The fraction of sp³-hybridized carbons (Fsp3) is 0.222. The number of hydrogen-bond donors (Lipinski definition) is 1. The highest BCUT2D eigenvalue weighted by molar-refractivity contribution is 5.36. The van der Waals surface area contributed by atoms with Crippen LogP contribution in [0.5, 0.6) is 0 Å². The van der Waals surface area contributed by atoms with Gasteiger partial charge >= 0.3 is 0 Å². The molecule has 0 bridgehead atoms. The van der Waals surface area contributed by atoms with Gasteiger partial charge in [0.15, 0.2) is 0 Å². The molecule has 108 valence electrons. The van der Waals surface area contributed by atoms with Crippen molar-refractivity contribution in [1.82, 2.24) is 0 Å². The van der Waals surface area contributed by atoms with Crippen molar-refractivity contribution in [3.05, 3.63) is 71.0 Å². The van der Waals surface area contributed by atoms with E-state index >= 15 is 0 Å². The quantitative estimate of drug-likeness (QED) is 0.854. The fourth-order valence-corrected chi connectivity index (χ4v) is 1.85. The SMILES string of the molecule is OCCC#Cc1cccc(COCc2ccccc2F)c1. The molecule has 0 radical (unpaired) electrons. The molecule has 0 saturated heterocycles. The van der Waals surface area contributed by atoms with E-state index in [1.54, 1.807) is 18.2 Å². The molecule has 0 aliphatic carbocycles. The predicted molar refractivity (Wildman–Crippen MR) is 79.9 cm³/mol. The summed E-state index contributed by atoms with van der Waals surface area (Å²) in [6.45, 7) is 0.718. The molecule has 21 heavy (non-hydrogen) atoms. The van der Waals surface area contributed by atoms with Gasteiger partial charge in [0.05, 0.1) is 19.8 Å². The second-order valence-corrected chi connectivity index (χ2v) is 4.56. The van der Waals surface area contributed by atoms with E-state index in [0.29, 0.717) is 18.6 Å². The van der Waals surface area contributed by atoms with Gasteiger partial charge in [0.25, 0.3) is 0 Å². The number of ether oxygens (including phenoxy) is 1. The van der Waals surface area contributed by atoms with E-state index in [-0.39, 0.29) is 19.0 Å². The molecule has 0 spiro atoms. The lowest BCUT2D eigenvalue weighted by atomic mass is 10.1. The molecule has 0 saturated carbocycles. The monoisotopic (exact) mass is 284 g/mol. The van der Waals surface area contributed by atoms with E-state index in [1.807, 2.05) is 24.3 Å². The molecule has 3 heteroatoms. The van der Waals surface area contributed by atoms with Crippen molar-refractivity contribution in [3.63, 3.8) is 0 Å². The van der Waals surface area contributed by atoms with Crippen LogP contribution in [-0.2, 0) is 18.0 Å². The van der Waals surface area contributed by atoms with Crippen molar-refractivity contribution in [2.45, 2.75) is 19.6 Å². The highest BCUT2D eigenvalue weighted by Gasteiger charge is 2.01. The summed E-state index contributed by atoms with van der Waals surface area (Å²) < 4.78 is 19.0. The van der Waals surface area contributed by atoms with Crippen LogP contribution < -0.4 is 0 Å². The molecular weight excluding hydrogens is 267 g/mol. The van der Waals surface area contributed by atoms with E-state index in [1.165, 1.54) is 6.07 Å². The molecule has 2 aromatic rings. The average molecular weight is 284 g/mol. The molecule has 0 amide bonds. The van der Waals surface area contributed by atoms with Gasteiger partial charge in [-0.1, -0.05) is 42.2 Å². The summed E-state index contributed by atoms with van der Waals surface area (Å²) in [5.41, 5.74) is 2.42. The molecule has 0 aliphatic rings. The first-order valence-electron chi connectivity index (χ1n) is 6.79. The lowest BCUT2D eigenvalue weighted by Gasteiger charge is -2.06. The summed E-state index contributed by atoms with van der Waals surface area (Å²) in [4.78, 5) is 0. The summed E-state index contributed by atoms with van der Waals surface area (Å²) >= 11 is 0. The van der Waals surface area contributed by atoms with Crippen LogP contribution in [0.25, 0.3) is 0 Å². The Morgan fingerprint density at radius 2 is 1.90 bits per heavy atom. The minimum atomic E-state index is -0.249. The van der Waals surface area contributed by atoms with Crippen molar-refractivity contribution >= 4 is 0 Å². The maximum Gasteiger partial charge on any atom is 0.128 e. The standard InChI is InChI=1S/C18H17FO2/c19-18-10-2-1-9-17(18)14-21-13-16-8-5-7-15(12-16)6-3-4-11-20/h1-2,5,7-10,12,20H,4,11,13-14H2. The van der Waals surface area contributed by atoms with Crippen LogP contribution in [0, 0.1) is 17.7 Å². The normalized spacial score (nSPS) is 10.0. The molecule has 0 aromatic heterocycles. The van der Waals surface area contributed by atoms with Gasteiger partial charge < -0.3 is 9.84 Å². The number of rotatable bonds is 5. The predicted octanol–water partition coefficient (Wildman–Crippen LogP) is 3.28. The van der Waals surface area contributed by atoms with Crippen molar-refractivity contribution in [2.24, 2.45) is 0 Å². The molecule has 0 fully saturated rings. The second kappa shape index (κ2) is 8.21. The maximum absolute atomic E-state index is 13.4. The Hall–Kier alpha value is -2.15. The Balaban J connectivity index is 1.90. The van der Waals surface area contributed by atoms with Gasteiger partial charge in [-0.3, -0.25) is 0 Å². The molecule has 2 aromatic carbocycles. The molecule has 0 heterocycles. The Bertz CT molecular complexity index is 641. The van der Waals surface area contributed by atoms with E-state index in [9.17, 15) is 4.39 Å². The van der Waals surface area contributed by atoms with Crippen LogP contribution in [0.15, 0.2) is 48.5 Å². The average Bonchev–Trinajstić information content (AvgIpc) is 2.50. The summed E-state index contributed by atoms with van der Waals surface area (Å²) in [5.74, 6) is 5.61. The third-order valence-electron chi connectivity index (χ3n) is 2.88. The van der Waals surface area contributed by atoms with Crippen LogP contribution in [0.3, 0.4) is 0 Å². The number of hydrogen-bond acceptors (Lipinski definition) is 2. The first-order chi connectivity index (χ1) is 10.3. The maximum atomic E-state index is 13.4.